The fourth-order valence-corrected chi connectivity index (χ4v) is 1.93. The van der Waals surface area contributed by atoms with Crippen LogP contribution in [0.5, 0.6) is 11.5 Å². The zero-order valence-electron chi connectivity index (χ0n) is 12.4. The molecule has 0 amide bonds. The number of aromatic carboxylic acids is 1. The van der Waals surface area contributed by atoms with Crippen molar-refractivity contribution in [2.24, 2.45) is 0 Å². The Morgan fingerprint density at radius 1 is 1.23 bits per heavy atom. The Kier molecular flexibility index (Phi) is 5.13. The van der Waals surface area contributed by atoms with E-state index < -0.39 is 5.97 Å². The predicted molar refractivity (Wildman–Crippen MR) is 80.7 cm³/mol. The first-order chi connectivity index (χ1) is 10.6. The molecule has 0 aliphatic heterocycles. The van der Waals surface area contributed by atoms with Crippen LogP contribution in [0.2, 0.25) is 0 Å². The molecule has 0 saturated carbocycles. The van der Waals surface area contributed by atoms with Crippen molar-refractivity contribution in [2.45, 2.75) is 6.42 Å². The van der Waals surface area contributed by atoms with E-state index >= 15 is 0 Å². The van der Waals surface area contributed by atoms with E-state index in [1.54, 1.807) is 14.2 Å². The van der Waals surface area contributed by atoms with Crippen LogP contribution < -0.4 is 14.8 Å². The number of aromatic nitrogens is 2. The summed E-state index contributed by atoms with van der Waals surface area (Å²) in [6, 6.07) is 5.61. The number of methoxy groups -OCH3 is 2. The Morgan fingerprint density at radius 3 is 2.64 bits per heavy atom. The van der Waals surface area contributed by atoms with E-state index in [0.717, 1.165) is 17.1 Å². The van der Waals surface area contributed by atoms with Crippen LogP contribution in [0.3, 0.4) is 0 Å². The maximum absolute atomic E-state index is 10.7. The third kappa shape index (κ3) is 3.85. The molecule has 2 N–H and O–H groups in total. The number of carbonyl (C=O) groups is 1. The summed E-state index contributed by atoms with van der Waals surface area (Å²) in [5.41, 5.74) is 0.921. The topological polar surface area (TPSA) is 93.6 Å². The highest BCUT2D eigenvalue weighted by Crippen LogP contribution is 2.24. The SMILES string of the molecule is COc1ccc(OC)c(CCNc2cnc(C(=O)O)cn2)c1. The van der Waals surface area contributed by atoms with Gasteiger partial charge in [-0.1, -0.05) is 0 Å². The molecule has 0 aliphatic carbocycles. The van der Waals surface area contributed by atoms with Gasteiger partial charge >= 0.3 is 5.97 Å². The van der Waals surface area contributed by atoms with Crippen LogP contribution >= 0.6 is 0 Å². The number of rotatable bonds is 7. The Morgan fingerprint density at radius 2 is 2.05 bits per heavy atom. The summed E-state index contributed by atoms with van der Waals surface area (Å²) < 4.78 is 10.5. The molecule has 7 heteroatoms. The molecule has 1 heterocycles. The van der Waals surface area contributed by atoms with E-state index in [1.165, 1.54) is 12.4 Å². The van der Waals surface area contributed by atoms with E-state index in [9.17, 15) is 4.79 Å². The second-order valence-corrected chi connectivity index (χ2v) is 4.45. The molecule has 0 bridgehead atoms. The van der Waals surface area contributed by atoms with Gasteiger partial charge in [0.25, 0.3) is 0 Å². The van der Waals surface area contributed by atoms with Gasteiger partial charge in [-0.05, 0) is 30.2 Å². The number of carboxylic acids is 1. The fraction of sp³-hybridized carbons (Fsp3) is 0.267. The molecule has 1 aromatic heterocycles. The molecule has 22 heavy (non-hydrogen) atoms. The predicted octanol–water partition coefficient (Wildman–Crippen LogP) is 1.85. The quantitative estimate of drug-likeness (QED) is 0.806. The summed E-state index contributed by atoms with van der Waals surface area (Å²) in [5.74, 6) is 0.975. The molecule has 116 valence electrons. The van der Waals surface area contributed by atoms with E-state index in [4.69, 9.17) is 14.6 Å². The molecule has 2 aromatic rings. The van der Waals surface area contributed by atoms with Crippen molar-refractivity contribution >= 4 is 11.8 Å². The fourth-order valence-electron chi connectivity index (χ4n) is 1.93. The van der Waals surface area contributed by atoms with Crippen molar-refractivity contribution in [2.75, 3.05) is 26.1 Å². The minimum atomic E-state index is -1.10. The lowest BCUT2D eigenvalue weighted by Gasteiger charge is -2.11. The first kappa shape index (κ1) is 15.6. The minimum absolute atomic E-state index is 0.0833. The van der Waals surface area contributed by atoms with Gasteiger partial charge in [-0.15, -0.1) is 0 Å². The van der Waals surface area contributed by atoms with Crippen molar-refractivity contribution in [3.05, 3.63) is 41.9 Å². The molecule has 0 aliphatic rings. The number of nitrogens with zero attached hydrogens (tertiary/aromatic N) is 2. The van der Waals surface area contributed by atoms with E-state index in [0.29, 0.717) is 18.8 Å². The van der Waals surface area contributed by atoms with Crippen LogP contribution in [0.15, 0.2) is 30.6 Å². The molecule has 0 radical (unpaired) electrons. The molecule has 0 saturated heterocycles. The van der Waals surface area contributed by atoms with Gasteiger partial charge in [-0.2, -0.15) is 0 Å². The number of anilines is 1. The Balaban J connectivity index is 1.97. The third-order valence-electron chi connectivity index (χ3n) is 3.06. The monoisotopic (exact) mass is 303 g/mol. The van der Waals surface area contributed by atoms with E-state index in [1.807, 2.05) is 18.2 Å². The van der Waals surface area contributed by atoms with Crippen molar-refractivity contribution in [1.29, 1.82) is 0 Å². The number of benzene rings is 1. The van der Waals surface area contributed by atoms with Gasteiger partial charge in [-0.25, -0.2) is 14.8 Å². The van der Waals surface area contributed by atoms with Crippen LogP contribution in [0.1, 0.15) is 16.1 Å². The van der Waals surface area contributed by atoms with Crippen LogP contribution in [0.4, 0.5) is 5.82 Å². The van der Waals surface area contributed by atoms with Crippen molar-refractivity contribution in [3.8, 4) is 11.5 Å². The van der Waals surface area contributed by atoms with Crippen LogP contribution in [-0.2, 0) is 6.42 Å². The summed E-state index contributed by atoms with van der Waals surface area (Å²) in [6.07, 6.45) is 3.31. The highest BCUT2D eigenvalue weighted by atomic mass is 16.5. The normalized spacial score (nSPS) is 10.1. The van der Waals surface area contributed by atoms with Gasteiger partial charge in [0.1, 0.15) is 17.3 Å². The smallest absolute Gasteiger partial charge is 0.356 e. The van der Waals surface area contributed by atoms with Crippen LogP contribution in [0, 0.1) is 0 Å². The van der Waals surface area contributed by atoms with Crippen molar-refractivity contribution in [3.63, 3.8) is 0 Å². The first-order valence-corrected chi connectivity index (χ1v) is 6.64. The molecule has 7 nitrogen and oxygen atoms in total. The molecule has 0 unspecified atom stereocenters. The molecule has 0 atom stereocenters. The van der Waals surface area contributed by atoms with Gasteiger partial charge in [0.15, 0.2) is 5.69 Å². The standard InChI is InChI=1S/C15H17N3O4/c1-21-11-3-4-13(22-2)10(7-11)5-6-16-14-9-17-12(8-18-14)15(19)20/h3-4,7-9H,5-6H2,1-2H3,(H,16,18)(H,19,20). The summed E-state index contributed by atoms with van der Waals surface area (Å²) in [4.78, 5) is 18.5. The number of hydrogen-bond acceptors (Lipinski definition) is 6. The van der Waals surface area contributed by atoms with Gasteiger partial charge in [-0.3, -0.25) is 0 Å². The Hall–Kier alpha value is -2.83. The molecule has 0 spiro atoms. The average Bonchev–Trinajstić information content (AvgIpc) is 2.55. The summed E-state index contributed by atoms with van der Waals surface area (Å²) in [6.45, 7) is 0.602. The number of hydrogen-bond donors (Lipinski definition) is 2. The van der Waals surface area contributed by atoms with Gasteiger partial charge in [0.2, 0.25) is 0 Å². The lowest BCUT2D eigenvalue weighted by molar-refractivity contribution is 0.0690. The van der Waals surface area contributed by atoms with Gasteiger partial charge in [0, 0.05) is 6.54 Å². The minimum Gasteiger partial charge on any atom is -0.497 e. The average molecular weight is 303 g/mol. The zero-order valence-corrected chi connectivity index (χ0v) is 12.4. The van der Waals surface area contributed by atoms with Crippen LogP contribution in [0.25, 0.3) is 0 Å². The first-order valence-electron chi connectivity index (χ1n) is 6.64. The molecule has 1 aromatic carbocycles. The molecular formula is C15H17N3O4. The molecule has 2 rings (SSSR count). The van der Waals surface area contributed by atoms with Crippen LogP contribution in [-0.4, -0.2) is 41.8 Å². The summed E-state index contributed by atoms with van der Waals surface area (Å²) >= 11 is 0. The summed E-state index contributed by atoms with van der Waals surface area (Å²) in [5, 5.41) is 11.8. The van der Waals surface area contributed by atoms with E-state index in [-0.39, 0.29) is 5.69 Å². The Bertz CT molecular complexity index is 644. The van der Waals surface area contributed by atoms with E-state index in [2.05, 4.69) is 15.3 Å². The number of nitrogens with one attached hydrogen (secondary N) is 1. The highest BCUT2D eigenvalue weighted by molar-refractivity contribution is 5.84. The maximum atomic E-state index is 10.7. The molecule has 0 fully saturated rings. The Labute approximate surface area is 127 Å². The number of ether oxygens (including phenoxy) is 2. The second-order valence-electron chi connectivity index (χ2n) is 4.45. The molecular weight excluding hydrogens is 286 g/mol. The second kappa shape index (κ2) is 7.26. The lowest BCUT2D eigenvalue weighted by Crippen LogP contribution is -2.09. The van der Waals surface area contributed by atoms with Gasteiger partial charge < -0.3 is 19.9 Å². The van der Waals surface area contributed by atoms with Gasteiger partial charge in [0.05, 0.1) is 26.6 Å². The highest BCUT2D eigenvalue weighted by Gasteiger charge is 2.07. The lowest BCUT2D eigenvalue weighted by atomic mass is 10.1. The van der Waals surface area contributed by atoms with Crippen molar-refractivity contribution < 1.29 is 19.4 Å². The zero-order chi connectivity index (χ0) is 15.9. The third-order valence-corrected chi connectivity index (χ3v) is 3.06. The summed E-state index contributed by atoms with van der Waals surface area (Å²) in [7, 11) is 3.23. The largest absolute Gasteiger partial charge is 0.497 e. The maximum Gasteiger partial charge on any atom is 0.356 e. The van der Waals surface area contributed by atoms with Crippen molar-refractivity contribution in [1.82, 2.24) is 9.97 Å². The number of carboxylic acid groups (broad SMARTS) is 1.